The maximum absolute atomic E-state index is 12.4. The van der Waals surface area contributed by atoms with Gasteiger partial charge in [0.2, 0.25) is 10.0 Å². The van der Waals surface area contributed by atoms with E-state index < -0.39 is 10.0 Å². The van der Waals surface area contributed by atoms with Crippen molar-refractivity contribution in [1.29, 1.82) is 0 Å². The molecule has 0 aliphatic heterocycles. The second-order valence-corrected chi connectivity index (χ2v) is 6.72. The van der Waals surface area contributed by atoms with Gasteiger partial charge >= 0.3 is 0 Å². The van der Waals surface area contributed by atoms with Gasteiger partial charge in [0.1, 0.15) is 5.82 Å². The van der Waals surface area contributed by atoms with E-state index in [0.29, 0.717) is 11.7 Å². The van der Waals surface area contributed by atoms with Crippen molar-refractivity contribution in [3.63, 3.8) is 0 Å². The molecule has 1 aromatic rings. The molecule has 1 aliphatic carbocycles. The summed E-state index contributed by atoms with van der Waals surface area (Å²) >= 11 is 0. The van der Waals surface area contributed by atoms with Gasteiger partial charge in [-0.05, 0) is 31.7 Å². The molecule has 0 bridgehead atoms. The molecule has 100 valence electrons. The van der Waals surface area contributed by atoms with Gasteiger partial charge in [-0.2, -0.15) is 4.31 Å². The highest BCUT2D eigenvalue weighted by atomic mass is 32.2. The fraction of sp³-hybridized carbons (Fsp3) is 0.583. The first kappa shape index (κ1) is 13.3. The molecule has 1 atom stereocenters. The third kappa shape index (κ3) is 2.49. The van der Waals surface area contributed by atoms with E-state index in [0.717, 1.165) is 12.8 Å². The number of rotatable bonds is 5. The number of sulfonamides is 1. The standard InChI is InChI=1S/C12H19N3O2S/c1-9(10-4-5-10)15(3)18(16,17)11-6-7-14-12(8-11)13-2/h6-10H,4-5H2,1-3H3,(H,13,14). The van der Waals surface area contributed by atoms with E-state index in [4.69, 9.17) is 0 Å². The molecule has 6 heteroatoms. The first-order chi connectivity index (χ1) is 8.46. The Labute approximate surface area is 108 Å². The molecular weight excluding hydrogens is 250 g/mol. The van der Waals surface area contributed by atoms with Crippen molar-refractivity contribution in [2.24, 2.45) is 5.92 Å². The maximum atomic E-state index is 12.4. The lowest BCUT2D eigenvalue weighted by atomic mass is 10.2. The second-order valence-electron chi connectivity index (χ2n) is 4.73. The van der Waals surface area contributed by atoms with E-state index in [1.54, 1.807) is 20.2 Å². The Bertz CT molecular complexity index is 526. The average Bonchev–Trinajstić information content (AvgIpc) is 3.21. The quantitative estimate of drug-likeness (QED) is 0.881. The van der Waals surface area contributed by atoms with Gasteiger partial charge < -0.3 is 5.32 Å². The molecule has 0 radical (unpaired) electrons. The third-order valence-corrected chi connectivity index (χ3v) is 5.48. The van der Waals surface area contributed by atoms with Crippen LogP contribution in [0.25, 0.3) is 0 Å². The van der Waals surface area contributed by atoms with Crippen LogP contribution in [0.4, 0.5) is 5.82 Å². The summed E-state index contributed by atoms with van der Waals surface area (Å²) in [5.74, 6) is 1.07. The Morgan fingerprint density at radius 3 is 2.72 bits per heavy atom. The van der Waals surface area contributed by atoms with Gasteiger partial charge in [-0.15, -0.1) is 0 Å². The minimum atomic E-state index is -3.42. The number of hydrogen-bond acceptors (Lipinski definition) is 4. The molecule has 1 fully saturated rings. The van der Waals surface area contributed by atoms with Crippen molar-refractivity contribution in [1.82, 2.24) is 9.29 Å². The van der Waals surface area contributed by atoms with Crippen LogP contribution in [0.3, 0.4) is 0 Å². The Morgan fingerprint density at radius 2 is 2.17 bits per heavy atom. The first-order valence-corrected chi connectivity index (χ1v) is 7.52. The molecule has 0 spiro atoms. The van der Waals surface area contributed by atoms with E-state index in [9.17, 15) is 8.42 Å². The molecule has 18 heavy (non-hydrogen) atoms. The number of nitrogens with zero attached hydrogens (tertiary/aromatic N) is 2. The van der Waals surface area contributed by atoms with Crippen LogP contribution in [-0.4, -0.2) is 37.8 Å². The van der Waals surface area contributed by atoms with Crippen molar-refractivity contribution in [3.8, 4) is 0 Å². The Kier molecular flexibility index (Phi) is 3.59. The van der Waals surface area contributed by atoms with Crippen molar-refractivity contribution in [2.75, 3.05) is 19.4 Å². The van der Waals surface area contributed by atoms with Crippen LogP contribution in [-0.2, 0) is 10.0 Å². The fourth-order valence-corrected chi connectivity index (χ4v) is 3.40. The Hall–Kier alpha value is -1.14. The van der Waals surface area contributed by atoms with E-state index in [1.807, 2.05) is 6.92 Å². The molecule has 1 N–H and O–H groups in total. The SMILES string of the molecule is CNc1cc(S(=O)(=O)N(C)C(C)C2CC2)ccn1. The zero-order valence-electron chi connectivity index (χ0n) is 10.9. The molecule has 1 unspecified atom stereocenters. The fourth-order valence-electron chi connectivity index (χ4n) is 1.97. The maximum Gasteiger partial charge on any atom is 0.243 e. The van der Waals surface area contributed by atoms with Crippen LogP contribution in [0.15, 0.2) is 23.2 Å². The minimum Gasteiger partial charge on any atom is -0.373 e. The minimum absolute atomic E-state index is 0.0567. The normalized spacial score (nSPS) is 17.8. The summed E-state index contributed by atoms with van der Waals surface area (Å²) in [7, 11) is -0.0544. The summed E-state index contributed by atoms with van der Waals surface area (Å²) in [4.78, 5) is 4.32. The summed E-state index contributed by atoms with van der Waals surface area (Å²) in [6.45, 7) is 1.97. The van der Waals surface area contributed by atoms with Gasteiger partial charge in [0.25, 0.3) is 0 Å². The van der Waals surface area contributed by atoms with Crippen molar-refractivity contribution >= 4 is 15.8 Å². The van der Waals surface area contributed by atoms with Crippen molar-refractivity contribution in [2.45, 2.75) is 30.7 Å². The molecule has 2 rings (SSSR count). The van der Waals surface area contributed by atoms with Crippen LogP contribution in [0.2, 0.25) is 0 Å². The van der Waals surface area contributed by atoms with Gasteiger partial charge in [-0.3, -0.25) is 0 Å². The van der Waals surface area contributed by atoms with Crippen molar-refractivity contribution < 1.29 is 8.42 Å². The number of nitrogens with one attached hydrogen (secondary N) is 1. The lowest BCUT2D eigenvalue weighted by molar-refractivity contribution is 0.357. The third-order valence-electron chi connectivity index (χ3n) is 3.54. The summed E-state index contributed by atoms with van der Waals surface area (Å²) in [5.41, 5.74) is 0. The molecule has 0 saturated heterocycles. The van der Waals surface area contributed by atoms with E-state index >= 15 is 0 Å². The highest BCUT2D eigenvalue weighted by Crippen LogP contribution is 2.36. The molecule has 1 aliphatic rings. The largest absolute Gasteiger partial charge is 0.373 e. The monoisotopic (exact) mass is 269 g/mol. The molecule has 1 heterocycles. The number of aromatic nitrogens is 1. The summed E-state index contributed by atoms with van der Waals surface area (Å²) in [6, 6.07) is 3.15. The predicted molar refractivity (Wildman–Crippen MR) is 70.9 cm³/mol. The van der Waals surface area contributed by atoms with Gasteiger partial charge in [0.05, 0.1) is 4.90 Å². The molecule has 1 saturated carbocycles. The van der Waals surface area contributed by atoms with Crippen LogP contribution in [0.5, 0.6) is 0 Å². The van der Waals surface area contributed by atoms with Gasteiger partial charge in [-0.1, -0.05) is 0 Å². The Morgan fingerprint density at radius 1 is 1.50 bits per heavy atom. The van der Waals surface area contributed by atoms with Gasteiger partial charge in [-0.25, -0.2) is 13.4 Å². The molecule has 5 nitrogen and oxygen atoms in total. The molecular formula is C12H19N3O2S. The second kappa shape index (κ2) is 4.85. The number of pyridine rings is 1. The lowest BCUT2D eigenvalue weighted by Gasteiger charge is -2.24. The van der Waals surface area contributed by atoms with Crippen molar-refractivity contribution in [3.05, 3.63) is 18.3 Å². The summed E-state index contributed by atoms with van der Waals surface area (Å²) in [5, 5.41) is 2.85. The van der Waals surface area contributed by atoms with Crippen LogP contribution < -0.4 is 5.32 Å². The lowest BCUT2D eigenvalue weighted by Crippen LogP contribution is -2.36. The zero-order valence-corrected chi connectivity index (χ0v) is 11.7. The highest BCUT2D eigenvalue weighted by Gasteiger charge is 2.36. The van der Waals surface area contributed by atoms with E-state index in [-0.39, 0.29) is 10.9 Å². The zero-order chi connectivity index (χ0) is 13.3. The Balaban J connectivity index is 2.28. The average molecular weight is 269 g/mol. The van der Waals surface area contributed by atoms with Crippen LogP contribution >= 0.6 is 0 Å². The molecule has 0 amide bonds. The van der Waals surface area contributed by atoms with Crippen LogP contribution in [0.1, 0.15) is 19.8 Å². The summed E-state index contributed by atoms with van der Waals surface area (Å²) in [6.07, 6.45) is 3.76. The first-order valence-electron chi connectivity index (χ1n) is 6.08. The van der Waals surface area contributed by atoms with Gasteiger partial charge in [0, 0.05) is 32.4 Å². The molecule has 0 aromatic carbocycles. The predicted octanol–water partition coefficient (Wildman–Crippen LogP) is 1.54. The number of hydrogen-bond donors (Lipinski definition) is 1. The summed E-state index contributed by atoms with van der Waals surface area (Å²) < 4.78 is 26.4. The highest BCUT2D eigenvalue weighted by molar-refractivity contribution is 7.89. The van der Waals surface area contributed by atoms with E-state index in [2.05, 4.69) is 10.3 Å². The van der Waals surface area contributed by atoms with Crippen LogP contribution in [0, 0.1) is 5.92 Å². The van der Waals surface area contributed by atoms with E-state index in [1.165, 1.54) is 16.6 Å². The van der Waals surface area contributed by atoms with Gasteiger partial charge in [0.15, 0.2) is 0 Å². The molecule has 1 aromatic heterocycles. The topological polar surface area (TPSA) is 62.3 Å². The smallest absolute Gasteiger partial charge is 0.243 e. The number of anilines is 1.